The lowest BCUT2D eigenvalue weighted by Gasteiger charge is -2.24. The van der Waals surface area contributed by atoms with E-state index in [1.54, 1.807) is 4.68 Å². The van der Waals surface area contributed by atoms with Crippen LogP contribution in [0.25, 0.3) is 5.70 Å². The molecular formula is C26H24N6O3S. The number of benzene rings is 3. The summed E-state index contributed by atoms with van der Waals surface area (Å²) < 4.78 is 30.1. The Bertz CT molecular complexity index is 1540. The summed E-state index contributed by atoms with van der Waals surface area (Å²) in [5.41, 5.74) is 4.46. The molecule has 3 aromatic carbocycles. The first-order valence-corrected chi connectivity index (χ1v) is 12.7. The molecule has 1 atom stereocenters. The lowest BCUT2D eigenvalue weighted by atomic mass is 10.0. The quantitative estimate of drug-likeness (QED) is 0.361. The third-order valence-corrected chi connectivity index (χ3v) is 7.02. The first kappa shape index (κ1) is 23.3. The smallest absolute Gasteiger partial charge is 0.264 e. The molecule has 0 radical (unpaired) electrons. The SMILES string of the molecule is CC(=O)Nc1ccc(S(=O)(=O)Nc2nc3n(n2)[C@@H](c2ccc(C)cc2)C=C(c2ccccc2)N3)cc1. The van der Waals surface area contributed by atoms with Crippen LogP contribution in [-0.4, -0.2) is 29.1 Å². The molecule has 0 saturated carbocycles. The predicted molar refractivity (Wildman–Crippen MR) is 139 cm³/mol. The van der Waals surface area contributed by atoms with Gasteiger partial charge >= 0.3 is 0 Å². The third kappa shape index (κ3) is 4.84. The van der Waals surface area contributed by atoms with Gasteiger partial charge in [-0.3, -0.25) is 4.79 Å². The van der Waals surface area contributed by atoms with E-state index in [0.717, 1.165) is 22.4 Å². The van der Waals surface area contributed by atoms with Crippen LogP contribution in [0.5, 0.6) is 0 Å². The van der Waals surface area contributed by atoms with Crippen LogP contribution >= 0.6 is 0 Å². The van der Waals surface area contributed by atoms with Gasteiger partial charge in [0, 0.05) is 18.3 Å². The number of rotatable bonds is 6. The summed E-state index contributed by atoms with van der Waals surface area (Å²) in [6, 6.07) is 23.5. The van der Waals surface area contributed by atoms with Crippen molar-refractivity contribution in [3.8, 4) is 0 Å². The number of carbonyl (C=O) groups is 1. The van der Waals surface area contributed by atoms with Gasteiger partial charge in [0.05, 0.1) is 4.90 Å². The van der Waals surface area contributed by atoms with Gasteiger partial charge in [0.1, 0.15) is 6.04 Å². The number of anilines is 3. The Balaban J connectivity index is 1.47. The number of aromatic nitrogens is 3. The summed E-state index contributed by atoms with van der Waals surface area (Å²) in [5, 5.41) is 10.4. The molecule has 36 heavy (non-hydrogen) atoms. The molecule has 5 rings (SSSR count). The summed E-state index contributed by atoms with van der Waals surface area (Å²) in [6.45, 7) is 3.41. The summed E-state index contributed by atoms with van der Waals surface area (Å²) in [7, 11) is -3.96. The van der Waals surface area contributed by atoms with Gasteiger partial charge in [-0.1, -0.05) is 60.2 Å². The van der Waals surface area contributed by atoms with Gasteiger partial charge < -0.3 is 10.6 Å². The molecule has 1 aromatic heterocycles. The van der Waals surface area contributed by atoms with Gasteiger partial charge in [-0.25, -0.2) is 17.8 Å². The average Bonchev–Trinajstić information content (AvgIpc) is 3.26. The predicted octanol–water partition coefficient (Wildman–Crippen LogP) is 4.40. The number of hydrogen-bond acceptors (Lipinski definition) is 6. The van der Waals surface area contributed by atoms with E-state index < -0.39 is 10.0 Å². The fourth-order valence-corrected chi connectivity index (χ4v) is 4.86. The number of carbonyl (C=O) groups excluding carboxylic acids is 1. The Labute approximate surface area is 208 Å². The molecular weight excluding hydrogens is 476 g/mol. The van der Waals surface area contributed by atoms with Crippen LogP contribution in [-0.2, 0) is 14.8 Å². The molecule has 9 nitrogen and oxygen atoms in total. The van der Waals surface area contributed by atoms with Crippen LogP contribution in [0.4, 0.5) is 17.6 Å². The van der Waals surface area contributed by atoms with Crippen molar-refractivity contribution in [2.24, 2.45) is 0 Å². The van der Waals surface area contributed by atoms with Gasteiger partial charge in [0.15, 0.2) is 0 Å². The Morgan fingerprint density at radius 3 is 2.33 bits per heavy atom. The lowest BCUT2D eigenvalue weighted by molar-refractivity contribution is -0.114. The molecule has 0 aliphatic carbocycles. The molecule has 182 valence electrons. The summed E-state index contributed by atoms with van der Waals surface area (Å²) in [5.74, 6) is 0.125. The maximum Gasteiger partial charge on any atom is 0.264 e. The fraction of sp³-hybridized carbons (Fsp3) is 0.115. The van der Waals surface area contributed by atoms with Crippen LogP contribution in [0.2, 0.25) is 0 Å². The number of nitrogens with zero attached hydrogens (tertiary/aromatic N) is 3. The molecule has 0 unspecified atom stereocenters. The third-order valence-electron chi connectivity index (χ3n) is 5.68. The highest BCUT2D eigenvalue weighted by atomic mass is 32.2. The van der Waals surface area contributed by atoms with E-state index in [9.17, 15) is 13.2 Å². The van der Waals surface area contributed by atoms with Crippen LogP contribution in [0.15, 0.2) is 89.8 Å². The highest BCUT2D eigenvalue weighted by Crippen LogP contribution is 2.33. The number of hydrogen-bond donors (Lipinski definition) is 3. The van der Waals surface area contributed by atoms with Crippen molar-refractivity contribution >= 4 is 39.2 Å². The number of nitrogens with one attached hydrogen (secondary N) is 3. The van der Waals surface area contributed by atoms with Gasteiger partial charge in [0.25, 0.3) is 16.0 Å². The minimum absolute atomic E-state index is 0.0236. The molecule has 10 heteroatoms. The highest BCUT2D eigenvalue weighted by molar-refractivity contribution is 7.92. The molecule has 0 bridgehead atoms. The van der Waals surface area contributed by atoms with Crippen molar-refractivity contribution in [3.05, 3.63) is 102 Å². The first-order valence-electron chi connectivity index (χ1n) is 11.3. The number of sulfonamides is 1. The van der Waals surface area contributed by atoms with Gasteiger partial charge in [-0.15, -0.1) is 5.10 Å². The van der Waals surface area contributed by atoms with E-state index in [-0.39, 0.29) is 22.8 Å². The molecule has 3 N–H and O–H groups in total. The van der Waals surface area contributed by atoms with Crippen LogP contribution in [0.3, 0.4) is 0 Å². The maximum absolute atomic E-state index is 13.0. The number of fused-ring (bicyclic) bond motifs is 1. The Kier molecular flexibility index (Phi) is 6.03. The monoisotopic (exact) mass is 500 g/mol. The largest absolute Gasteiger partial charge is 0.326 e. The van der Waals surface area contributed by atoms with Crippen molar-refractivity contribution in [1.82, 2.24) is 14.8 Å². The zero-order valence-electron chi connectivity index (χ0n) is 19.6. The van der Waals surface area contributed by atoms with Crippen molar-refractivity contribution in [2.75, 3.05) is 15.4 Å². The second-order valence-corrected chi connectivity index (χ2v) is 10.1. The second-order valence-electron chi connectivity index (χ2n) is 8.44. The molecule has 0 saturated heterocycles. The van der Waals surface area contributed by atoms with Gasteiger partial charge in [0.2, 0.25) is 11.9 Å². The zero-order valence-corrected chi connectivity index (χ0v) is 20.5. The fourth-order valence-electron chi connectivity index (χ4n) is 3.92. The van der Waals surface area contributed by atoms with Crippen molar-refractivity contribution < 1.29 is 13.2 Å². The highest BCUT2D eigenvalue weighted by Gasteiger charge is 2.27. The summed E-state index contributed by atoms with van der Waals surface area (Å²) >= 11 is 0. The lowest BCUT2D eigenvalue weighted by Crippen LogP contribution is -2.20. The standard InChI is InChI=1S/C26H24N6O3S/c1-17-8-10-20(11-9-17)24-16-23(19-6-4-3-5-7-19)28-26-29-25(30-32(24)26)31-36(34,35)22-14-12-21(13-15-22)27-18(2)33/h3-16,24H,1-2H3,(H,27,33)(H2,28,29,30,31)/t24-/m1/s1. The maximum atomic E-state index is 13.0. The van der Waals surface area contributed by atoms with Gasteiger partial charge in [-0.2, -0.15) is 4.98 Å². The molecule has 1 aliphatic rings. The summed E-state index contributed by atoms with van der Waals surface area (Å²) in [6.07, 6.45) is 2.04. The van der Waals surface area contributed by atoms with E-state index in [1.807, 2.05) is 67.6 Å². The minimum atomic E-state index is -3.96. The molecule has 0 fully saturated rings. The number of aryl methyl sites for hydroxylation is 1. The molecule has 2 heterocycles. The van der Waals surface area contributed by atoms with E-state index in [2.05, 4.69) is 25.4 Å². The first-order chi connectivity index (χ1) is 17.3. The van der Waals surface area contributed by atoms with Crippen molar-refractivity contribution in [3.63, 3.8) is 0 Å². The van der Waals surface area contributed by atoms with E-state index in [4.69, 9.17) is 0 Å². The molecule has 1 amide bonds. The van der Waals surface area contributed by atoms with Gasteiger partial charge in [-0.05, 0) is 48.4 Å². The Morgan fingerprint density at radius 1 is 0.972 bits per heavy atom. The number of allylic oxidation sites excluding steroid dienone is 1. The topological polar surface area (TPSA) is 118 Å². The van der Waals surface area contributed by atoms with E-state index in [1.165, 1.54) is 31.2 Å². The van der Waals surface area contributed by atoms with Crippen LogP contribution < -0.4 is 15.4 Å². The zero-order chi connectivity index (χ0) is 25.3. The molecule has 4 aromatic rings. The number of amides is 1. The molecule has 1 aliphatic heterocycles. The van der Waals surface area contributed by atoms with Crippen LogP contribution in [0.1, 0.15) is 29.7 Å². The minimum Gasteiger partial charge on any atom is -0.326 e. The normalized spacial score (nSPS) is 14.8. The Hall–Kier alpha value is -4.44. The van der Waals surface area contributed by atoms with E-state index in [0.29, 0.717) is 11.6 Å². The van der Waals surface area contributed by atoms with Crippen molar-refractivity contribution in [2.45, 2.75) is 24.8 Å². The van der Waals surface area contributed by atoms with Crippen LogP contribution in [0, 0.1) is 6.92 Å². The summed E-state index contributed by atoms with van der Waals surface area (Å²) in [4.78, 5) is 15.7. The molecule has 0 spiro atoms. The second kappa shape index (κ2) is 9.31. The van der Waals surface area contributed by atoms with Crippen molar-refractivity contribution in [1.29, 1.82) is 0 Å². The van der Waals surface area contributed by atoms with E-state index >= 15 is 0 Å². The Morgan fingerprint density at radius 2 is 1.67 bits per heavy atom. The average molecular weight is 501 g/mol.